The quantitative estimate of drug-likeness (QED) is 0.908. The highest BCUT2D eigenvalue weighted by atomic mass is 16.5. The van der Waals surface area contributed by atoms with Crippen LogP contribution in [0.15, 0.2) is 36.5 Å². The molecule has 2 aliphatic rings. The summed E-state index contributed by atoms with van der Waals surface area (Å²) >= 11 is 0. The zero-order valence-corrected chi connectivity index (χ0v) is 14.2. The molecule has 4 rings (SSSR count). The highest BCUT2D eigenvalue weighted by Gasteiger charge is 2.39. The molecule has 0 bridgehead atoms. The maximum Gasteiger partial charge on any atom is 0.317 e. The molecular weight excluding hydrogens is 318 g/mol. The van der Waals surface area contributed by atoms with Crippen molar-refractivity contribution in [3.8, 4) is 5.75 Å². The van der Waals surface area contributed by atoms with Crippen LogP contribution >= 0.6 is 0 Å². The van der Waals surface area contributed by atoms with E-state index in [2.05, 4.69) is 27.8 Å². The van der Waals surface area contributed by atoms with Crippen LogP contribution in [0, 0.1) is 0 Å². The number of aromatic nitrogens is 3. The molecule has 1 spiro atoms. The number of aryl methyl sites for hydroxylation is 1. The van der Waals surface area contributed by atoms with Crippen molar-refractivity contribution in [3.63, 3.8) is 0 Å². The summed E-state index contributed by atoms with van der Waals surface area (Å²) in [6.45, 7) is 1.69. The third-order valence-corrected chi connectivity index (χ3v) is 4.80. The fourth-order valence-electron chi connectivity index (χ4n) is 3.40. The number of para-hydroxylation sites is 1. The third-order valence-electron chi connectivity index (χ3n) is 4.80. The number of ether oxygens (including phenoxy) is 1. The number of amides is 2. The first-order valence-corrected chi connectivity index (χ1v) is 8.49. The third kappa shape index (κ3) is 3.09. The van der Waals surface area contributed by atoms with Crippen LogP contribution in [0.5, 0.6) is 5.75 Å². The van der Waals surface area contributed by atoms with Crippen molar-refractivity contribution in [2.24, 2.45) is 7.05 Å². The molecule has 25 heavy (non-hydrogen) atoms. The number of likely N-dealkylation sites (tertiary alicyclic amines) is 1. The van der Waals surface area contributed by atoms with E-state index in [1.807, 2.05) is 36.2 Å². The number of benzene rings is 1. The van der Waals surface area contributed by atoms with Crippen molar-refractivity contribution in [1.29, 1.82) is 0 Å². The highest BCUT2D eigenvalue weighted by Crippen LogP contribution is 2.35. The second-order valence-corrected chi connectivity index (χ2v) is 6.57. The van der Waals surface area contributed by atoms with Crippen LogP contribution in [0.4, 0.5) is 4.79 Å². The lowest BCUT2D eigenvalue weighted by atomic mass is 9.89. The van der Waals surface area contributed by atoms with Gasteiger partial charge in [0.25, 0.3) is 0 Å². The number of nitrogens with zero attached hydrogens (tertiary/aromatic N) is 4. The second-order valence-electron chi connectivity index (χ2n) is 6.57. The molecule has 0 radical (unpaired) electrons. The van der Waals surface area contributed by atoms with E-state index in [0.29, 0.717) is 13.1 Å². The van der Waals surface area contributed by atoms with E-state index in [1.165, 1.54) is 0 Å². The number of hydrogen-bond donors (Lipinski definition) is 1. The lowest BCUT2D eigenvalue weighted by Gasteiger charge is -2.42. The zero-order valence-electron chi connectivity index (χ0n) is 14.2. The molecule has 1 N–H and O–H groups in total. The van der Waals surface area contributed by atoms with Crippen molar-refractivity contribution >= 4 is 12.1 Å². The minimum atomic E-state index is -0.433. The van der Waals surface area contributed by atoms with Gasteiger partial charge in [0.2, 0.25) is 0 Å². The van der Waals surface area contributed by atoms with E-state index in [4.69, 9.17) is 4.74 Å². The van der Waals surface area contributed by atoms with E-state index in [-0.39, 0.29) is 6.03 Å². The van der Waals surface area contributed by atoms with Crippen LogP contribution in [0.2, 0.25) is 0 Å². The van der Waals surface area contributed by atoms with E-state index >= 15 is 0 Å². The Morgan fingerprint density at radius 1 is 1.40 bits per heavy atom. The van der Waals surface area contributed by atoms with Gasteiger partial charge in [-0.05, 0) is 25.0 Å². The predicted molar refractivity (Wildman–Crippen MR) is 92.9 cm³/mol. The number of urea groups is 1. The molecule has 1 aromatic heterocycles. The summed E-state index contributed by atoms with van der Waals surface area (Å²) in [7, 11) is 1.81. The first-order chi connectivity index (χ1) is 12.2. The number of carbonyl (C=O) groups excluding carboxylic acids is 1. The number of hydrogen-bond acceptors (Lipinski definition) is 4. The average Bonchev–Trinajstić information content (AvgIpc) is 3.04. The Kier molecular flexibility index (Phi) is 3.91. The van der Waals surface area contributed by atoms with Gasteiger partial charge in [0.15, 0.2) is 0 Å². The van der Waals surface area contributed by atoms with Gasteiger partial charge in [0.1, 0.15) is 11.4 Å². The smallest absolute Gasteiger partial charge is 0.317 e. The minimum absolute atomic E-state index is 0.0869. The SMILES string of the molecule is Cn1nncc1CNC(=O)N1CCCC2(C=Cc3ccccc3O2)C1. The van der Waals surface area contributed by atoms with Crippen LogP contribution in [0.3, 0.4) is 0 Å². The van der Waals surface area contributed by atoms with E-state index in [0.717, 1.165) is 36.4 Å². The van der Waals surface area contributed by atoms with Crippen LogP contribution < -0.4 is 10.1 Å². The summed E-state index contributed by atoms with van der Waals surface area (Å²) in [6, 6.07) is 7.90. The number of nitrogens with one attached hydrogen (secondary N) is 1. The second kappa shape index (κ2) is 6.23. The molecule has 2 aromatic rings. The highest BCUT2D eigenvalue weighted by molar-refractivity contribution is 5.74. The van der Waals surface area contributed by atoms with Crippen molar-refractivity contribution in [2.45, 2.75) is 25.0 Å². The molecule has 1 unspecified atom stereocenters. The first-order valence-electron chi connectivity index (χ1n) is 8.49. The summed E-state index contributed by atoms with van der Waals surface area (Å²) < 4.78 is 7.93. The molecule has 130 valence electrons. The van der Waals surface area contributed by atoms with Crippen molar-refractivity contribution in [2.75, 3.05) is 13.1 Å². The molecule has 3 heterocycles. The maximum absolute atomic E-state index is 12.6. The lowest BCUT2D eigenvalue weighted by molar-refractivity contribution is 0.0414. The van der Waals surface area contributed by atoms with Gasteiger partial charge in [-0.3, -0.25) is 4.68 Å². The summed E-state index contributed by atoms with van der Waals surface area (Å²) in [4.78, 5) is 14.4. The van der Waals surface area contributed by atoms with Gasteiger partial charge in [0.05, 0.1) is 25.0 Å². The molecule has 1 aromatic carbocycles. The van der Waals surface area contributed by atoms with Crippen molar-refractivity contribution in [3.05, 3.63) is 47.8 Å². The van der Waals surface area contributed by atoms with E-state index in [9.17, 15) is 4.79 Å². The topological polar surface area (TPSA) is 72.3 Å². The van der Waals surface area contributed by atoms with Gasteiger partial charge in [-0.1, -0.05) is 29.5 Å². The van der Waals surface area contributed by atoms with Gasteiger partial charge in [-0.15, -0.1) is 5.10 Å². The maximum atomic E-state index is 12.6. The predicted octanol–water partition coefficient (Wildman–Crippen LogP) is 1.97. The van der Waals surface area contributed by atoms with E-state index < -0.39 is 5.60 Å². The molecule has 1 saturated heterocycles. The number of rotatable bonds is 2. The van der Waals surface area contributed by atoms with Crippen molar-refractivity contribution < 1.29 is 9.53 Å². The monoisotopic (exact) mass is 339 g/mol. The van der Waals surface area contributed by atoms with Gasteiger partial charge >= 0.3 is 6.03 Å². The summed E-state index contributed by atoms with van der Waals surface area (Å²) in [5.41, 5.74) is 1.51. The van der Waals surface area contributed by atoms with Gasteiger partial charge < -0.3 is 15.0 Å². The Morgan fingerprint density at radius 3 is 3.12 bits per heavy atom. The standard InChI is InChI=1S/C18H21N5O2/c1-22-15(12-20-21-22)11-19-17(24)23-10-4-8-18(13-23)9-7-14-5-2-3-6-16(14)25-18/h2-3,5-7,9,12H,4,8,10-11,13H2,1H3,(H,19,24). The first kappa shape index (κ1) is 15.7. The van der Waals surface area contributed by atoms with Crippen molar-refractivity contribution in [1.82, 2.24) is 25.2 Å². The Labute approximate surface area is 146 Å². The average molecular weight is 339 g/mol. The van der Waals surface area contributed by atoms with Crippen LogP contribution in [-0.2, 0) is 13.6 Å². The molecule has 0 saturated carbocycles. The molecule has 1 fully saturated rings. The molecule has 7 nitrogen and oxygen atoms in total. The van der Waals surface area contributed by atoms with Gasteiger partial charge in [0, 0.05) is 19.2 Å². The fourth-order valence-corrected chi connectivity index (χ4v) is 3.40. The van der Waals surface area contributed by atoms with Crippen LogP contribution in [-0.4, -0.2) is 44.6 Å². The minimum Gasteiger partial charge on any atom is -0.481 e. The van der Waals surface area contributed by atoms with Gasteiger partial charge in [-0.25, -0.2) is 4.79 Å². The normalized spacial score (nSPS) is 21.7. The zero-order chi connectivity index (χ0) is 17.3. The Bertz CT molecular complexity index is 815. The number of fused-ring (bicyclic) bond motifs is 1. The summed E-state index contributed by atoms with van der Waals surface area (Å²) in [6.07, 6.45) is 7.67. The number of piperidine rings is 1. The summed E-state index contributed by atoms with van der Waals surface area (Å²) in [5.74, 6) is 0.883. The Morgan fingerprint density at radius 2 is 2.28 bits per heavy atom. The summed E-state index contributed by atoms with van der Waals surface area (Å²) in [5, 5.41) is 10.6. The van der Waals surface area contributed by atoms with Gasteiger partial charge in [-0.2, -0.15) is 0 Å². The molecule has 2 aliphatic heterocycles. The Balaban J connectivity index is 1.43. The van der Waals surface area contributed by atoms with E-state index in [1.54, 1.807) is 10.9 Å². The molecule has 1 atom stereocenters. The number of carbonyl (C=O) groups is 1. The molecule has 0 aliphatic carbocycles. The Hall–Kier alpha value is -2.83. The van der Waals surface area contributed by atoms with Crippen LogP contribution in [0.25, 0.3) is 6.08 Å². The molecular formula is C18H21N5O2. The largest absolute Gasteiger partial charge is 0.481 e. The molecule has 7 heteroatoms. The lowest BCUT2D eigenvalue weighted by Crippen LogP contribution is -2.55. The fraction of sp³-hybridized carbons (Fsp3) is 0.389. The van der Waals surface area contributed by atoms with Crippen LogP contribution in [0.1, 0.15) is 24.1 Å². The molecule has 2 amide bonds.